The molecule has 0 unspecified atom stereocenters. The second-order valence-corrected chi connectivity index (χ2v) is 4.97. The molecule has 112 valence electrons. The Hall–Kier alpha value is -3.55. The van der Waals surface area contributed by atoms with Crippen molar-refractivity contribution >= 4 is 52.7 Å². The number of hydrogen-bond donors (Lipinski definition) is 1. The fourth-order valence-electron chi connectivity index (χ4n) is 2.90. The molecule has 0 aliphatic carbocycles. The predicted octanol–water partition coefficient (Wildman–Crippen LogP) is 1.38. The number of benzene rings is 2. The molecule has 0 aromatic heterocycles. The number of ether oxygens (including phenoxy) is 2. The zero-order valence-corrected chi connectivity index (χ0v) is 11.3. The molecular weight excluding hydrogens is 304 g/mol. The van der Waals surface area contributed by atoms with Crippen LogP contribution in [0.25, 0.3) is 10.8 Å². The third-order valence-electron chi connectivity index (χ3n) is 3.80. The Bertz CT molecular complexity index is 1020. The minimum Gasteiger partial charge on any atom is -0.398 e. The first-order chi connectivity index (χ1) is 10.9. The number of nitrogen functional groups attached to an aromatic ring is 1. The van der Waals surface area contributed by atoms with E-state index in [4.69, 9.17) is 5.73 Å². The number of hydrogen-bond acceptors (Lipinski definition) is 8. The molecule has 0 radical (unpaired) electrons. The molecule has 2 aromatic carbocycles. The molecule has 0 saturated heterocycles. The molecule has 0 atom stereocenters. The third-order valence-corrected chi connectivity index (χ3v) is 3.80. The summed E-state index contributed by atoms with van der Waals surface area (Å²) in [6.45, 7) is 3.34. The van der Waals surface area contributed by atoms with Crippen LogP contribution in [0.3, 0.4) is 0 Å². The minimum atomic E-state index is -0.941. The summed E-state index contributed by atoms with van der Waals surface area (Å²) in [6.07, 6.45) is 0. The highest BCUT2D eigenvalue weighted by atomic mass is 16.6. The Morgan fingerprint density at radius 1 is 0.826 bits per heavy atom. The lowest BCUT2D eigenvalue weighted by molar-refractivity contribution is 0.0367. The monoisotopic (exact) mass is 310 g/mol. The maximum atomic E-state index is 12.1. The fourth-order valence-corrected chi connectivity index (χ4v) is 2.90. The maximum absolute atomic E-state index is 12.1. The van der Waals surface area contributed by atoms with E-state index in [0.29, 0.717) is 0 Å². The largest absolute Gasteiger partial charge is 0.398 e. The number of rotatable bonds is 1. The van der Waals surface area contributed by atoms with Gasteiger partial charge in [-0.15, -0.1) is 0 Å². The van der Waals surface area contributed by atoms with Crippen molar-refractivity contribution < 1.29 is 28.7 Å². The summed E-state index contributed by atoms with van der Waals surface area (Å²) in [5.74, 6) is -3.71. The van der Waals surface area contributed by atoms with Crippen molar-refractivity contribution in [3.05, 3.63) is 34.4 Å². The number of nitrogens with zero attached hydrogens (tertiary/aromatic N) is 1. The number of aliphatic imine (C=N–C) groups is 1. The summed E-state index contributed by atoms with van der Waals surface area (Å²) < 4.78 is 9.31. The Morgan fingerprint density at radius 2 is 1.35 bits per heavy atom. The summed E-state index contributed by atoms with van der Waals surface area (Å²) in [5, 5.41) is 0.189. The molecule has 2 aliphatic heterocycles. The SMILES string of the molecule is C=Nc1cc2c3c(c(N)cc4c3c1C(=O)OC4=O)C(=O)OC2=O. The molecule has 2 N–H and O–H groups in total. The number of cyclic esters (lactones) is 4. The van der Waals surface area contributed by atoms with Crippen LogP contribution in [0.4, 0.5) is 11.4 Å². The van der Waals surface area contributed by atoms with E-state index in [-0.39, 0.29) is 44.4 Å². The van der Waals surface area contributed by atoms with E-state index >= 15 is 0 Å². The average Bonchev–Trinajstić information content (AvgIpc) is 2.50. The Morgan fingerprint density at radius 3 is 1.96 bits per heavy atom. The summed E-state index contributed by atoms with van der Waals surface area (Å²) >= 11 is 0. The van der Waals surface area contributed by atoms with E-state index in [9.17, 15) is 19.2 Å². The van der Waals surface area contributed by atoms with Crippen LogP contribution >= 0.6 is 0 Å². The highest BCUT2D eigenvalue weighted by Gasteiger charge is 2.38. The standard InChI is InChI=1S/C15H6N2O6/c1-17-7-3-5-8-9-4(12(18)23-15(21)11(7)9)2-6(16)10(8)14(20)22-13(5)19/h2-3H,1,16H2. The van der Waals surface area contributed by atoms with Gasteiger partial charge in [-0.3, -0.25) is 4.99 Å². The van der Waals surface area contributed by atoms with Crippen molar-refractivity contribution in [2.45, 2.75) is 0 Å². The smallest absolute Gasteiger partial charge is 0.348 e. The zero-order valence-electron chi connectivity index (χ0n) is 11.3. The lowest BCUT2D eigenvalue weighted by atomic mass is 9.87. The summed E-state index contributed by atoms with van der Waals surface area (Å²) in [4.78, 5) is 51.7. The number of nitrogens with two attached hydrogens (primary N) is 1. The second kappa shape index (κ2) is 4.01. The van der Waals surface area contributed by atoms with Crippen LogP contribution < -0.4 is 5.73 Å². The molecule has 2 aliphatic rings. The van der Waals surface area contributed by atoms with Gasteiger partial charge in [0.25, 0.3) is 0 Å². The van der Waals surface area contributed by atoms with Gasteiger partial charge in [0.1, 0.15) is 0 Å². The van der Waals surface area contributed by atoms with Gasteiger partial charge in [0.15, 0.2) is 0 Å². The zero-order chi connectivity index (χ0) is 16.5. The number of carbonyl (C=O) groups is 4. The third kappa shape index (κ3) is 1.46. The van der Waals surface area contributed by atoms with Crippen molar-refractivity contribution in [1.82, 2.24) is 0 Å². The molecule has 0 spiro atoms. The molecule has 0 bridgehead atoms. The van der Waals surface area contributed by atoms with Gasteiger partial charge in [0.05, 0.1) is 27.9 Å². The molecule has 0 amide bonds. The summed E-state index contributed by atoms with van der Waals surface area (Å²) in [5.41, 5.74) is 5.65. The first-order valence-electron chi connectivity index (χ1n) is 6.37. The summed E-state index contributed by atoms with van der Waals surface area (Å²) in [6, 6.07) is 2.47. The van der Waals surface area contributed by atoms with E-state index in [2.05, 4.69) is 21.2 Å². The van der Waals surface area contributed by atoms with Gasteiger partial charge in [-0.25, -0.2) is 19.2 Å². The normalized spacial score (nSPS) is 15.5. The van der Waals surface area contributed by atoms with E-state index in [1.165, 1.54) is 12.1 Å². The average molecular weight is 310 g/mol. The van der Waals surface area contributed by atoms with Crippen LogP contribution in [-0.2, 0) is 9.47 Å². The Labute approximate surface area is 127 Å². The van der Waals surface area contributed by atoms with Crippen molar-refractivity contribution in [3.8, 4) is 0 Å². The highest BCUT2D eigenvalue weighted by molar-refractivity contribution is 6.32. The maximum Gasteiger partial charge on any atom is 0.348 e. The second-order valence-electron chi connectivity index (χ2n) is 4.97. The van der Waals surface area contributed by atoms with Crippen LogP contribution in [-0.4, -0.2) is 30.6 Å². The van der Waals surface area contributed by atoms with Gasteiger partial charge in [-0.05, 0) is 18.9 Å². The van der Waals surface area contributed by atoms with E-state index in [1.807, 2.05) is 0 Å². The lowest BCUT2D eigenvalue weighted by Gasteiger charge is -2.23. The lowest BCUT2D eigenvalue weighted by Crippen LogP contribution is -2.26. The van der Waals surface area contributed by atoms with E-state index < -0.39 is 23.9 Å². The van der Waals surface area contributed by atoms with Crippen molar-refractivity contribution in [1.29, 1.82) is 0 Å². The number of esters is 4. The molecule has 23 heavy (non-hydrogen) atoms. The van der Waals surface area contributed by atoms with Crippen LogP contribution in [0.15, 0.2) is 17.1 Å². The Balaban J connectivity index is 2.37. The Kier molecular flexibility index (Phi) is 2.29. The molecule has 4 rings (SSSR count). The first kappa shape index (κ1) is 13.1. The highest BCUT2D eigenvalue weighted by Crippen LogP contribution is 2.42. The van der Waals surface area contributed by atoms with Gasteiger partial charge < -0.3 is 15.2 Å². The minimum absolute atomic E-state index is 0.0169. The van der Waals surface area contributed by atoms with E-state index in [0.717, 1.165) is 0 Å². The van der Waals surface area contributed by atoms with Gasteiger partial charge in [-0.1, -0.05) is 0 Å². The van der Waals surface area contributed by atoms with Gasteiger partial charge in [0.2, 0.25) is 0 Å². The van der Waals surface area contributed by atoms with Crippen LogP contribution in [0.5, 0.6) is 0 Å². The fraction of sp³-hybridized carbons (Fsp3) is 0. The first-order valence-corrected chi connectivity index (χ1v) is 6.37. The topological polar surface area (TPSA) is 125 Å². The van der Waals surface area contributed by atoms with Gasteiger partial charge in [0, 0.05) is 16.5 Å². The van der Waals surface area contributed by atoms with Gasteiger partial charge >= 0.3 is 23.9 Å². The number of anilines is 1. The molecule has 8 heteroatoms. The van der Waals surface area contributed by atoms with Crippen molar-refractivity contribution in [3.63, 3.8) is 0 Å². The van der Waals surface area contributed by atoms with E-state index in [1.54, 1.807) is 0 Å². The predicted molar refractivity (Wildman–Crippen MR) is 77.1 cm³/mol. The van der Waals surface area contributed by atoms with Crippen LogP contribution in [0.2, 0.25) is 0 Å². The number of carbonyl (C=O) groups excluding carboxylic acids is 4. The van der Waals surface area contributed by atoms with Gasteiger partial charge in [-0.2, -0.15) is 0 Å². The molecule has 8 nitrogen and oxygen atoms in total. The van der Waals surface area contributed by atoms with Crippen LogP contribution in [0, 0.1) is 0 Å². The van der Waals surface area contributed by atoms with Crippen molar-refractivity contribution in [2.24, 2.45) is 4.99 Å². The molecule has 0 saturated carbocycles. The van der Waals surface area contributed by atoms with Crippen molar-refractivity contribution in [2.75, 3.05) is 5.73 Å². The molecule has 2 aromatic rings. The van der Waals surface area contributed by atoms with Crippen LogP contribution in [0.1, 0.15) is 41.4 Å². The molecule has 0 fully saturated rings. The molecular formula is C15H6N2O6. The molecule has 2 heterocycles. The quantitative estimate of drug-likeness (QED) is 0.365. The summed E-state index contributed by atoms with van der Waals surface area (Å²) in [7, 11) is 0.